The van der Waals surface area contributed by atoms with Crippen LogP contribution in [0.3, 0.4) is 0 Å². The number of carbonyl (C=O) groups is 1. The molecule has 0 saturated heterocycles. The molecule has 0 radical (unpaired) electrons. The Kier molecular flexibility index (Phi) is 7.50. The van der Waals surface area contributed by atoms with E-state index in [0.717, 1.165) is 31.2 Å². The highest BCUT2D eigenvalue weighted by molar-refractivity contribution is 7.92. The predicted molar refractivity (Wildman–Crippen MR) is 97.6 cm³/mol. The third kappa shape index (κ3) is 7.30. The van der Waals surface area contributed by atoms with E-state index >= 15 is 0 Å². The molecule has 1 aromatic rings. The van der Waals surface area contributed by atoms with Gasteiger partial charge in [0.05, 0.1) is 5.75 Å². The maximum Gasteiger partial charge on any atom is 0.235 e. The molecule has 0 bridgehead atoms. The minimum atomic E-state index is -3.33. The number of allylic oxidation sites excluding steroid dienone is 1. The zero-order valence-electron chi connectivity index (χ0n) is 14.2. The Morgan fingerprint density at radius 3 is 2.58 bits per heavy atom. The maximum atomic E-state index is 12.0. The van der Waals surface area contributed by atoms with Gasteiger partial charge in [0.25, 0.3) is 0 Å². The first-order valence-corrected chi connectivity index (χ1v) is 10.6. The molecular formula is C19H27NO3S. The first kappa shape index (κ1) is 18.7. The van der Waals surface area contributed by atoms with Crippen molar-refractivity contribution in [2.45, 2.75) is 44.9 Å². The maximum absolute atomic E-state index is 12.0. The Balaban J connectivity index is 1.64. The summed E-state index contributed by atoms with van der Waals surface area (Å²) in [5, 5.41) is 2.74. The molecule has 0 aliphatic heterocycles. The lowest BCUT2D eigenvalue weighted by Gasteiger charge is -2.13. The third-order valence-electron chi connectivity index (χ3n) is 4.27. The Morgan fingerprint density at radius 1 is 1.08 bits per heavy atom. The van der Waals surface area contributed by atoms with Gasteiger partial charge in [-0.1, -0.05) is 42.0 Å². The van der Waals surface area contributed by atoms with Gasteiger partial charge in [0.2, 0.25) is 5.91 Å². The Labute approximate surface area is 145 Å². The van der Waals surface area contributed by atoms with Crippen LogP contribution in [0.4, 0.5) is 0 Å². The monoisotopic (exact) mass is 349 g/mol. The molecule has 1 N–H and O–H groups in total. The van der Waals surface area contributed by atoms with Crippen LogP contribution in [-0.2, 0) is 21.1 Å². The van der Waals surface area contributed by atoms with E-state index in [0.29, 0.717) is 13.0 Å². The highest BCUT2D eigenvalue weighted by atomic mass is 32.2. The molecule has 2 rings (SSSR count). The quantitative estimate of drug-likeness (QED) is 0.697. The molecular weight excluding hydrogens is 322 g/mol. The summed E-state index contributed by atoms with van der Waals surface area (Å²) in [4.78, 5) is 11.8. The number of sulfone groups is 1. The van der Waals surface area contributed by atoms with Gasteiger partial charge in [-0.05, 0) is 50.5 Å². The summed E-state index contributed by atoms with van der Waals surface area (Å²) < 4.78 is 24.0. The minimum absolute atomic E-state index is 0.0560. The molecule has 132 valence electrons. The van der Waals surface area contributed by atoms with Crippen molar-refractivity contribution >= 4 is 15.7 Å². The number of amides is 1. The van der Waals surface area contributed by atoms with E-state index in [9.17, 15) is 13.2 Å². The molecule has 1 aliphatic rings. The smallest absolute Gasteiger partial charge is 0.235 e. The van der Waals surface area contributed by atoms with Gasteiger partial charge in [0.1, 0.15) is 5.75 Å². The Bertz CT molecular complexity index is 650. The summed E-state index contributed by atoms with van der Waals surface area (Å²) in [6.45, 7) is 0.532. The SMILES string of the molecule is O=C(CS(=O)(=O)CCCc1ccccc1)NCCC1=CCCCC1. The molecule has 0 unspecified atom stereocenters. The molecule has 5 heteroatoms. The molecule has 0 heterocycles. The van der Waals surface area contributed by atoms with Crippen molar-refractivity contribution in [3.8, 4) is 0 Å². The van der Waals surface area contributed by atoms with Gasteiger partial charge in [0, 0.05) is 6.54 Å². The number of nitrogens with one attached hydrogen (secondary N) is 1. The number of rotatable bonds is 9. The van der Waals surface area contributed by atoms with Crippen molar-refractivity contribution in [3.63, 3.8) is 0 Å². The van der Waals surface area contributed by atoms with Crippen LogP contribution in [-0.4, -0.2) is 32.4 Å². The van der Waals surface area contributed by atoms with Gasteiger partial charge in [-0.15, -0.1) is 0 Å². The summed E-state index contributed by atoms with van der Waals surface area (Å²) in [7, 11) is -3.33. The topological polar surface area (TPSA) is 63.2 Å². The average Bonchev–Trinajstić information content (AvgIpc) is 2.56. The van der Waals surface area contributed by atoms with Crippen molar-refractivity contribution in [1.82, 2.24) is 5.32 Å². The van der Waals surface area contributed by atoms with Crippen LogP contribution in [0.5, 0.6) is 0 Å². The highest BCUT2D eigenvalue weighted by Crippen LogP contribution is 2.19. The van der Waals surface area contributed by atoms with Crippen LogP contribution in [0.2, 0.25) is 0 Å². The lowest BCUT2D eigenvalue weighted by Crippen LogP contribution is -2.32. The number of hydrogen-bond acceptors (Lipinski definition) is 3. The van der Waals surface area contributed by atoms with Gasteiger partial charge in [-0.3, -0.25) is 4.79 Å². The number of aryl methyl sites for hydroxylation is 1. The fourth-order valence-electron chi connectivity index (χ4n) is 2.96. The number of hydrogen-bond donors (Lipinski definition) is 1. The van der Waals surface area contributed by atoms with Crippen molar-refractivity contribution in [3.05, 3.63) is 47.5 Å². The Morgan fingerprint density at radius 2 is 1.88 bits per heavy atom. The molecule has 1 aliphatic carbocycles. The molecule has 0 aromatic heterocycles. The van der Waals surface area contributed by atoms with Crippen molar-refractivity contribution < 1.29 is 13.2 Å². The van der Waals surface area contributed by atoms with E-state index < -0.39 is 15.6 Å². The van der Waals surface area contributed by atoms with Gasteiger partial charge < -0.3 is 5.32 Å². The summed E-state index contributed by atoms with van der Waals surface area (Å²) in [5.74, 6) is -0.729. The van der Waals surface area contributed by atoms with Crippen LogP contribution < -0.4 is 5.32 Å². The van der Waals surface area contributed by atoms with Crippen molar-refractivity contribution in [2.75, 3.05) is 18.1 Å². The van der Waals surface area contributed by atoms with E-state index in [2.05, 4.69) is 11.4 Å². The van der Waals surface area contributed by atoms with Crippen LogP contribution in [0.15, 0.2) is 42.0 Å². The average molecular weight is 349 g/mol. The van der Waals surface area contributed by atoms with Crippen LogP contribution in [0.25, 0.3) is 0 Å². The second-order valence-electron chi connectivity index (χ2n) is 6.39. The molecule has 1 amide bonds. The van der Waals surface area contributed by atoms with E-state index in [-0.39, 0.29) is 11.7 Å². The zero-order chi connectivity index (χ0) is 17.3. The third-order valence-corrected chi connectivity index (χ3v) is 5.88. The van der Waals surface area contributed by atoms with Gasteiger partial charge in [-0.25, -0.2) is 8.42 Å². The normalized spacial score (nSPS) is 14.9. The Hall–Kier alpha value is -1.62. The zero-order valence-corrected chi connectivity index (χ0v) is 15.0. The largest absolute Gasteiger partial charge is 0.355 e. The van der Waals surface area contributed by atoms with E-state index in [4.69, 9.17) is 0 Å². The van der Waals surface area contributed by atoms with E-state index in [1.165, 1.54) is 18.4 Å². The minimum Gasteiger partial charge on any atom is -0.355 e. The van der Waals surface area contributed by atoms with Crippen molar-refractivity contribution in [2.24, 2.45) is 0 Å². The number of carbonyl (C=O) groups excluding carboxylic acids is 1. The first-order valence-electron chi connectivity index (χ1n) is 8.74. The molecule has 1 aromatic carbocycles. The van der Waals surface area contributed by atoms with Gasteiger partial charge in [0.15, 0.2) is 9.84 Å². The lowest BCUT2D eigenvalue weighted by molar-refractivity contribution is -0.118. The van der Waals surface area contributed by atoms with Gasteiger partial charge >= 0.3 is 0 Å². The van der Waals surface area contributed by atoms with Crippen molar-refractivity contribution in [1.29, 1.82) is 0 Å². The van der Waals surface area contributed by atoms with E-state index in [1.54, 1.807) is 0 Å². The first-order chi connectivity index (χ1) is 11.6. The van der Waals surface area contributed by atoms with Crippen LogP contribution >= 0.6 is 0 Å². The molecule has 0 atom stereocenters. The van der Waals surface area contributed by atoms with Crippen LogP contribution in [0.1, 0.15) is 44.1 Å². The fraction of sp³-hybridized carbons (Fsp3) is 0.526. The summed E-state index contributed by atoms with van der Waals surface area (Å²) >= 11 is 0. The number of benzene rings is 1. The molecule has 0 saturated carbocycles. The van der Waals surface area contributed by atoms with Crippen LogP contribution in [0, 0.1) is 0 Å². The lowest BCUT2D eigenvalue weighted by atomic mass is 9.97. The summed E-state index contributed by atoms with van der Waals surface area (Å²) in [5.41, 5.74) is 2.50. The predicted octanol–water partition coefficient (Wildman–Crippen LogP) is 3.04. The molecule has 0 fully saturated rings. The second kappa shape index (κ2) is 9.62. The molecule has 24 heavy (non-hydrogen) atoms. The highest BCUT2D eigenvalue weighted by Gasteiger charge is 2.16. The second-order valence-corrected chi connectivity index (χ2v) is 8.57. The standard InChI is InChI=1S/C19H27NO3S/c21-19(20-14-13-18-10-5-2-6-11-18)16-24(22,23)15-7-12-17-8-3-1-4-9-17/h1,3-4,8-10H,2,5-7,11-16H2,(H,20,21). The molecule has 4 nitrogen and oxygen atoms in total. The summed E-state index contributed by atoms with van der Waals surface area (Å²) in [6, 6.07) is 9.80. The fourth-order valence-corrected chi connectivity index (χ4v) is 4.19. The van der Waals surface area contributed by atoms with E-state index in [1.807, 2.05) is 30.3 Å². The molecule has 0 spiro atoms. The summed E-state index contributed by atoms with van der Waals surface area (Å²) in [6.07, 6.45) is 9.04. The van der Waals surface area contributed by atoms with Gasteiger partial charge in [-0.2, -0.15) is 0 Å².